The van der Waals surface area contributed by atoms with E-state index in [2.05, 4.69) is 29.3 Å². The number of ether oxygens (including phenoxy) is 2. The summed E-state index contributed by atoms with van der Waals surface area (Å²) in [5, 5.41) is 3.67. The van der Waals surface area contributed by atoms with Crippen LogP contribution in [0.3, 0.4) is 0 Å². The Hall–Kier alpha value is -1.10. The van der Waals surface area contributed by atoms with Crippen LogP contribution in [0.15, 0.2) is 24.3 Å². The Kier molecular flexibility index (Phi) is 7.00. The maximum Gasteiger partial charge on any atom is 0.123 e. The number of nitrogens with one attached hydrogen (secondary N) is 1. The van der Waals surface area contributed by atoms with Gasteiger partial charge < -0.3 is 14.8 Å². The lowest BCUT2D eigenvalue weighted by atomic mass is 10.0. The van der Waals surface area contributed by atoms with Gasteiger partial charge in [-0.3, -0.25) is 4.90 Å². The first-order valence-corrected chi connectivity index (χ1v) is 8.01. The van der Waals surface area contributed by atoms with E-state index in [1.807, 2.05) is 12.1 Å². The maximum atomic E-state index is 5.55. The normalized spacial score (nSPS) is 18.2. The van der Waals surface area contributed by atoms with Gasteiger partial charge in [0.15, 0.2) is 0 Å². The molecule has 0 spiro atoms. The predicted octanol–water partition coefficient (Wildman–Crippen LogP) is 2.46. The van der Waals surface area contributed by atoms with Crippen LogP contribution in [0.2, 0.25) is 0 Å². The zero-order chi connectivity index (χ0) is 14.9. The molecule has 1 aromatic carbocycles. The van der Waals surface area contributed by atoms with Crippen LogP contribution in [-0.2, 0) is 4.74 Å². The molecule has 2 rings (SSSR count). The lowest BCUT2D eigenvalue weighted by molar-refractivity contribution is 0.139. The van der Waals surface area contributed by atoms with E-state index in [4.69, 9.17) is 9.47 Å². The second kappa shape index (κ2) is 9.03. The van der Waals surface area contributed by atoms with Crippen molar-refractivity contribution in [3.8, 4) is 5.75 Å². The molecule has 21 heavy (non-hydrogen) atoms. The molecule has 0 aromatic heterocycles. The summed E-state index contributed by atoms with van der Waals surface area (Å²) in [6, 6.07) is 8.63. The quantitative estimate of drug-likeness (QED) is 0.837. The maximum absolute atomic E-state index is 5.55. The molecular weight excluding hydrogens is 264 g/mol. The van der Waals surface area contributed by atoms with Gasteiger partial charge in [-0.25, -0.2) is 0 Å². The van der Waals surface area contributed by atoms with Crippen LogP contribution >= 0.6 is 0 Å². The van der Waals surface area contributed by atoms with Gasteiger partial charge in [-0.1, -0.05) is 25.1 Å². The third-order valence-corrected chi connectivity index (χ3v) is 3.91. The number of rotatable bonds is 7. The van der Waals surface area contributed by atoms with E-state index < -0.39 is 0 Å². The number of hydrogen-bond acceptors (Lipinski definition) is 4. The highest BCUT2D eigenvalue weighted by atomic mass is 16.5. The SMILES string of the molecule is CCCNC(CN1CCCOCC1)c1ccccc1OC. The first kappa shape index (κ1) is 16.3. The van der Waals surface area contributed by atoms with Crippen molar-refractivity contribution in [2.45, 2.75) is 25.8 Å². The number of hydrogen-bond donors (Lipinski definition) is 1. The van der Waals surface area contributed by atoms with Gasteiger partial charge in [-0.15, -0.1) is 0 Å². The highest BCUT2D eigenvalue weighted by Gasteiger charge is 2.19. The van der Waals surface area contributed by atoms with E-state index in [9.17, 15) is 0 Å². The Bertz CT molecular complexity index is 404. The molecule has 1 fully saturated rings. The fourth-order valence-corrected chi connectivity index (χ4v) is 2.78. The van der Waals surface area contributed by atoms with Crippen molar-refractivity contribution in [1.82, 2.24) is 10.2 Å². The van der Waals surface area contributed by atoms with Crippen molar-refractivity contribution >= 4 is 0 Å². The van der Waals surface area contributed by atoms with E-state index in [-0.39, 0.29) is 0 Å². The summed E-state index contributed by atoms with van der Waals surface area (Å²) >= 11 is 0. The zero-order valence-electron chi connectivity index (χ0n) is 13.3. The molecule has 1 heterocycles. The standard InChI is InChI=1S/C17H28N2O2/c1-3-9-18-16(14-19-10-6-12-21-13-11-19)15-7-4-5-8-17(15)20-2/h4-5,7-8,16,18H,3,6,9-14H2,1-2H3. The minimum absolute atomic E-state index is 0.305. The molecule has 1 N–H and O–H groups in total. The van der Waals surface area contributed by atoms with Gasteiger partial charge in [0.1, 0.15) is 5.75 Å². The van der Waals surface area contributed by atoms with Crippen LogP contribution in [0.1, 0.15) is 31.4 Å². The summed E-state index contributed by atoms with van der Waals surface area (Å²) in [7, 11) is 1.75. The highest BCUT2D eigenvalue weighted by Crippen LogP contribution is 2.25. The Morgan fingerprint density at radius 3 is 2.95 bits per heavy atom. The van der Waals surface area contributed by atoms with Crippen molar-refractivity contribution in [3.05, 3.63) is 29.8 Å². The van der Waals surface area contributed by atoms with Gasteiger partial charge in [-0.05, 0) is 25.5 Å². The molecule has 118 valence electrons. The van der Waals surface area contributed by atoms with E-state index in [0.29, 0.717) is 6.04 Å². The lowest BCUT2D eigenvalue weighted by Gasteiger charge is -2.28. The van der Waals surface area contributed by atoms with E-state index in [1.54, 1.807) is 7.11 Å². The summed E-state index contributed by atoms with van der Waals surface area (Å²) in [6.07, 6.45) is 2.25. The Balaban J connectivity index is 2.09. The van der Waals surface area contributed by atoms with Gasteiger partial charge >= 0.3 is 0 Å². The number of methoxy groups -OCH3 is 1. The molecule has 4 heteroatoms. The molecule has 1 saturated heterocycles. The molecule has 4 nitrogen and oxygen atoms in total. The molecule has 1 unspecified atom stereocenters. The number of nitrogens with zero attached hydrogens (tertiary/aromatic N) is 1. The van der Waals surface area contributed by atoms with Gasteiger partial charge in [0, 0.05) is 37.8 Å². The van der Waals surface area contributed by atoms with Gasteiger partial charge in [-0.2, -0.15) is 0 Å². The van der Waals surface area contributed by atoms with Crippen molar-refractivity contribution < 1.29 is 9.47 Å². The van der Waals surface area contributed by atoms with Crippen LogP contribution < -0.4 is 10.1 Å². The second-order valence-corrected chi connectivity index (χ2v) is 5.52. The van der Waals surface area contributed by atoms with E-state index >= 15 is 0 Å². The van der Waals surface area contributed by atoms with Crippen LogP contribution in [0.5, 0.6) is 5.75 Å². The summed E-state index contributed by atoms with van der Waals surface area (Å²) < 4.78 is 11.1. The smallest absolute Gasteiger partial charge is 0.123 e. The largest absolute Gasteiger partial charge is 0.496 e. The average molecular weight is 292 g/mol. The minimum Gasteiger partial charge on any atom is -0.496 e. The first-order valence-electron chi connectivity index (χ1n) is 8.01. The minimum atomic E-state index is 0.305. The molecule has 1 aliphatic heterocycles. The third kappa shape index (κ3) is 4.99. The first-order chi connectivity index (χ1) is 10.3. The van der Waals surface area contributed by atoms with Crippen LogP contribution in [0.4, 0.5) is 0 Å². The molecule has 0 radical (unpaired) electrons. The summed E-state index contributed by atoms with van der Waals surface area (Å²) in [5.41, 5.74) is 1.25. The van der Waals surface area contributed by atoms with Crippen LogP contribution in [0, 0.1) is 0 Å². The molecule has 0 amide bonds. The lowest BCUT2D eigenvalue weighted by Crippen LogP contribution is -2.37. The van der Waals surface area contributed by atoms with Gasteiger partial charge in [0.25, 0.3) is 0 Å². The van der Waals surface area contributed by atoms with Crippen LogP contribution in [0.25, 0.3) is 0 Å². The van der Waals surface area contributed by atoms with E-state index in [0.717, 1.165) is 58.0 Å². The average Bonchev–Trinajstić information content (AvgIpc) is 2.80. The topological polar surface area (TPSA) is 33.7 Å². The fourth-order valence-electron chi connectivity index (χ4n) is 2.78. The fraction of sp³-hybridized carbons (Fsp3) is 0.647. The monoisotopic (exact) mass is 292 g/mol. The van der Waals surface area contributed by atoms with Gasteiger partial charge in [0.05, 0.1) is 13.7 Å². The number of benzene rings is 1. The molecule has 1 aromatic rings. The molecule has 0 bridgehead atoms. The number of para-hydroxylation sites is 1. The van der Waals surface area contributed by atoms with E-state index in [1.165, 1.54) is 5.56 Å². The molecule has 0 aliphatic carbocycles. The molecule has 1 atom stereocenters. The Morgan fingerprint density at radius 1 is 1.29 bits per heavy atom. The van der Waals surface area contributed by atoms with Crippen LogP contribution in [-0.4, -0.2) is 51.4 Å². The van der Waals surface area contributed by atoms with Gasteiger partial charge in [0.2, 0.25) is 0 Å². The second-order valence-electron chi connectivity index (χ2n) is 5.52. The summed E-state index contributed by atoms with van der Waals surface area (Å²) in [6.45, 7) is 8.08. The van der Waals surface area contributed by atoms with Crippen molar-refractivity contribution in [3.63, 3.8) is 0 Å². The highest BCUT2D eigenvalue weighted by molar-refractivity contribution is 5.36. The Labute approximate surface area is 128 Å². The summed E-state index contributed by atoms with van der Waals surface area (Å²) in [4.78, 5) is 2.49. The Morgan fingerprint density at radius 2 is 2.14 bits per heavy atom. The predicted molar refractivity (Wildman–Crippen MR) is 85.9 cm³/mol. The summed E-state index contributed by atoms with van der Waals surface area (Å²) in [5.74, 6) is 0.970. The third-order valence-electron chi connectivity index (χ3n) is 3.91. The molecule has 0 saturated carbocycles. The van der Waals surface area contributed by atoms with Crippen molar-refractivity contribution in [2.24, 2.45) is 0 Å². The van der Waals surface area contributed by atoms with Crippen molar-refractivity contribution in [1.29, 1.82) is 0 Å². The van der Waals surface area contributed by atoms with Crippen molar-refractivity contribution in [2.75, 3.05) is 46.5 Å². The zero-order valence-corrected chi connectivity index (χ0v) is 13.3. The molecule has 1 aliphatic rings. The molecular formula is C17H28N2O2.